The number of hydrogen-bond acceptors (Lipinski definition) is 2. The Morgan fingerprint density at radius 3 is 2.25 bits per heavy atom. The normalized spacial score (nSPS) is 8.25. The summed E-state index contributed by atoms with van der Waals surface area (Å²) in [4.78, 5) is 13.1. The summed E-state index contributed by atoms with van der Waals surface area (Å²) < 4.78 is 0. The maximum Gasteiger partial charge on any atom is 0.300 e. The molecule has 1 aromatic rings. The number of pyridine rings is 1. The first-order valence-corrected chi connectivity index (χ1v) is 3.61. The van der Waals surface area contributed by atoms with Crippen molar-refractivity contribution >= 4 is 5.97 Å². The van der Waals surface area contributed by atoms with Gasteiger partial charge in [-0.3, -0.25) is 9.78 Å². The molecule has 3 nitrogen and oxygen atoms in total. The van der Waals surface area contributed by atoms with E-state index in [0.29, 0.717) is 0 Å². The molecule has 0 aromatic carbocycles. The predicted octanol–water partition coefficient (Wildman–Crippen LogP) is 1.79. The minimum atomic E-state index is -0.833. The Balaban J connectivity index is 0.000000261. The number of hydrogen-bond donors (Lipinski definition) is 1. The summed E-state index contributed by atoms with van der Waals surface area (Å²) in [6, 6.07) is 4.00. The molecule has 0 aliphatic rings. The van der Waals surface area contributed by atoms with Gasteiger partial charge >= 0.3 is 0 Å². The van der Waals surface area contributed by atoms with Gasteiger partial charge in [-0.25, -0.2) is 0 Å². The number of rotatable bonds is 0. The number of nitrogens with zero attached hydrogens (tertiary/aromatic N) is 1. The van der Waals surface area contributed by atoms with Gasteiger partial charge < -0.3 is 5.11 Å². The summed E-state index contributed by atoms with van der Waals surface area (Å²) in [6.07, 6.45) is 1.81. The highest BCUT2D eigenvalue weighted by Crippen LogP contribution is 1.98. The van der Waals surface area contributed by atoms with Crippen molar-refractivity contribution < 1.29 is 9.90 Å². The fourth-order valence-corrected chi connectivity index (χ4v) is 0.565. The van der Waals surface area contributed by atoms with Crippen LogP contribution in [0.3, 0.4) is 0 Å². The molecule has 0 atom stereocenters. The summed E-state index contributed by atoms with van der Waals surface area (Å²) in [5, 5.41) is 7.42. The van der Waals surface area contributed by atoms with Crippen molar-refractivity contribution in [1.29, 1.82) is 0 Å². The second-order valence-corrected chi connectivity index (χ2v) is 2.42. The molecule has 0 bridgehead atoms. The lowest BCUT2D eigenvalue weighted by molar-refractivity contribution is -0.134. The first kappa shape index (κ1) is 10.6. The van der Waals surface area contributed by atoms with Gasteiger partial charge in [-0.15, -0.1) is 0 Å². The van der Waals surface area contributed by atoms with E-state index in [1.807, 2.05) is 19.2 Å². The Kier molecular flexibility index (Phi) is 4.69. The fraction of sp³-hybridized carbons (Fsp3) is 0.333. The lowest BCUT2D eigenvalue weighted by Gasteiger charge is -1.92. The fourth-order valence-electron chi connectivity index (χ4n) is 0.565. The van der Waals surface area contributed by atoms with Gasteiger partial charge in [0.15, 0.2) is 0 Å². The molecule has 1 rings (SSSR count). The third kappa shape index (κ3) is 5.41. The smallest absolute Gasteiger partial charge is 0.300 e. The van der Waals surface area contributed by atoms with Crippen LogP contribution in [0.15, 0.2) is 18.3 Å². The van der Waals surface area contributed by atoms with Gasteiger partial charge in [0, 0.05) is 18.8 Å². The Bertz CT molecular complexity index is 233. The van der Waals surface area contributed by atoms with Crippen LogP contribution in [0.2, 0.25) is 0 Å². The van der Waals surface area contributed by atoms with Gasteiger partial charge in [0.05, 0.1) is 0 Å². The molecule has 0 aliphatic carbocycles. The number of carboxylic acid groups (broad SMARTS) is 1. The molecular formula is C9H13NO2. The first-order valence-electron chi connectivity index (χ1n) is 3.61. The Morgan fingerprint density at radius 1 is 1.50 bits per heavy atom. The molecule has 1 heterocycles. The van der Waals surface area contributed by atoms with Crippen LogP contribution in [-0.2, 0) is 4.79 Å². The minimum Gasteiger partial charge on any atom is -0.481 e. The van der Waals surface area contributed by atoms with Gasteiger partial charge in [0.25, 0.3) is 5.97 Å². The van der Waals surface area contributed by atoms with E-state index in [-0.39, 0.29) is 0 Å². The number of carboxylic acids is 1. The van der Waals surface area contributed by atoms with E-state index >= 15 is 0 Å². The summed E-state index contributed by atoms with van der Waals surface area (Å²) in [5.74, 6) is -0.833. The molecule has 0 saturated carbocycles. The monoisotopic (exact) mass is 167 g/mol. The van der Waals surface area contributed by atoms with E-state index in [1.54, 1.807) is 0 Å². The topological polar surface area (TPSA) is 50.2 Å². The minimum absolute atomic E-state index is 0.833. The molecule has 0 radical (unpaired) electrons. The van der Waals surface area contributed by atoms with Gasteiger partial charge in [0.2, 0.25) is 0 Å². The molecule has 1 aromatic heterocycles. The summed E-state index contributed by atoms with van der Waals surface area (Å²) in [5.41, 5.74) is 2.38. The van der Waals surface area contributed by atoms with E-state index in [2.05, 4.69) is 18.0 Å². The summed E-state index contributed by atoms with van der Waals surface area (Å²) in [6.45, 7) is 5.15. The average molecular weight is 167 g/mol. The molecule has 3 heteroatoms. The van der Waals surface area contributed by atoms with Gasteiger partial charge in [-0.2, -0.15) is 0 Å². The molecule has 1 N–H and O–H groups in total. The van der Waals surface area contributed by atoms with Crippen molar-refractivity contribution in [3.05, 3.63) is 29.6 Å². The maximum atomic E-state index is 9.00. The Hall–Kier alpha value is -1.38. The van der Waals surface area contributed by atoms with Crippen LogP contribution >= 0.6 is 0 Å². The van der Waals surface area contributed by atoms with Gasteiger partial charge in [-0.1, -0.05) is 6.07 Å². The van der Waals surface area contributed by atoms with E-state index in [9.17, 15) is 0 Å². The molecule has 66 valence electrons. The van der Waals surface area contributed by atoms with Crippen molar-refractivity contribution in [3.8, 4) is 0 Å². The van der Waals surface area contributed by atoms with E-state index in [0.717, 1.165) is 12.6 Å². The second kappa shape index (κ2) is 5.29. The van der Waals surface area contributed by atoms with Crippen LogP contribution in [-0.4, -0.2) is 16.1 Å². The Morgan fingerprint density at radius 2 is 2.00 bits per heavy atom. The van der Waals surface area contributed by atoms with E-state index < -0.39 is 5.97 Å². The third-order valence-electron chi connectivity index (χ3n) is 1.27. The van der Waals surface area contributed by atoms with Crippen LogP contribution in [0, 0.1) is 13.8 Å². The molecule has 0 unspecified atom stereocenters. The van der Waals surface area contributed by atoms with Gasteiger partial charge in [0.1, 0.15) is 0 Å². The summed E-state index contributed by atoms with van der Waals surface area (Å²) >= 11 is 0. The predicted molar refractivity (Wildman–Crippen MR) is 47.0 cm³/mol. The number of carbonyl (C=O) groups is 1. The van der Waals surface area contributed by atoms with Crippen molar-refractivity contribution in [2.45, 2.75) is 20.8 Å². The first-order chi connectivity index (χ1) is 5.54. The number of aryl methyl sites for hydroxylation is 2. The van der Waals surface area contributed by atoms with Gasteiger partial charge in [-0.05, 0) is 25.5 Å². The molecule has 12 heavy (non-hydrogen) atoms. The standard InChI is InChI=1S/C7H9N.C2H4O2/c1-6-4-3-5-8-7(6)2;1-2(3)4/h3-5H,1-2H3;1H3,(H,3,4). The zero-order valence-corrected chi connectivity index (χ0v) is 7.53. The highest BCUT2D eigenvalue weighted by atomic mass is 16.4. The van der Waals surface area contributed by atoms with Crippen LogP contribution in [0.25, 0.3) is 0 Å². The SMILES string of the molecule is CC(=O)O.Cc1cccnc1C. The molecule has 0 fully saturated rings. The molecular weight excluding hydrogens is 154 g/mol. The van der Waals surface area contributed by atoms with E-state index in [4.69, 9.17) is 9.90 Å². The zero-order valence-electron chi connectivity index (χ0n) is 7.53. The Labute approximate surface area is 72.1 Å². The molecule has 0 spiro atoms. The van der Waals surface area contributed by atoms with Crippen LogP contribution in [0.5, 0.6) is 0 Å². The van der Waals surface area contributed by atoms with Crippen molar-refractivity contribution in [2.24, 2.45) is 0 Å². The summed E-state index contributed by atoms with van der Waals surface area (Å²) in [7, 11) is 0. The average Bonchev–Trinajstić information content (AvgIpc) is 1.94. The lowest BCUT2D eigenvalue weighted by Crippen LogP contribution is -1.81. The van der Waals surface area contributed by atoms with Crippen LogP contribution in [0.1, 0.15) is 18.2 Å². The van der Waals surface area contributed by atoms with Crippen molar-refractivity contribution in [2.75, 3.05) is 0 Å². The number of aromatic nitrogens is 1. The van der Waals surface area contributed by atoms with Crippen LogP contribution in [0.4, 0.5) is 0 Å². The largest absolute Gasteiger partial charge is 0.481 e. The highest BCUT2D eigenvalue weighted by molar-refractivity contribution is 5.62. The number of aliphatic carboxylic acids is 1. The zero-order chi connectivity index (χ0) is 9.56. The second-order valence-electron chi connectivity index (χ2n) is 2.42. The lowest BCUT2D eigenvalue weighted by atomic mass is 10.2. The molecule has 0 saturated heterocycles. The van der Waals surface area contributed by atoms with E-state index in [1.165, 1.54) is 5.56 Å². The maximum absolute atomic E-state index is 9.00. The van der Waals surface area contributed by atoms with Crippen molar-refractivity contribution in [3.63, 3.8) is 0 Å². The quantitative estimate of drug-likeness (QED) is 0.640. The van der Waals surface area contributed by atoms with Crippen LogP contribution < -0.4 is 0 Å². The highest BCUT2D eigenvalue weighted by Gasteiger charge is 1.85. The molecule has 0 aliphatic heterocycles. The third-order valence-corrected chi connectivity index (χ3v) is 1.27. The molecule has 0 amide bonds. The van der Waals surface area contributed by atoms with Crippen molar-refractivity contribution in [1.82, 2.24) is 4.98 Å².